The van der Waals surface area contributed by atoms with Gasteiger partial charge in [0.15, 0.2) is 5.82 Å². The van der Waals surface area contributed by atoms with Gasteiger partial charge in [0.05, 0.1) is 17.7 Å². The number of rotatable bonds is 6. The smallest absolute Gasteiger partial charge is 0.297 e. The van der Waals surface area contributed by atoms with Gasteiger partial charge in [0.1, 0.15) is 11.3 Å². The number of sulfonamides is 1. The molecule has 152 valence electrons. The second kappa shape index (κ2) is 7.94. The van der Waals surface area contributed by atoms with Gasteiger partial charge in [-0.15, -0.1) is 4.47 Å². The van der Waals surface area contributed by atoms with Crippen molar-refractivity contribution in [3.8, 4) is 5.75 Å². The van der Waals surface area contributed by atoms with E-state index >= 15 is 0 Å². The molecule has 0 saturated heterocycles. The molecular weight excluding hydrogens is 396 g/mol. The second-order valence-corrected chi connectivity index (χ2v) is 7.99. The average Bonchev–Trinajstić information content (AvgIpc) is 3.00. The summed E-state index contributed by atoms with van der Waals surface area (Å²) >= 11 is 0. The molecule has 1 aromatic heterocycles. The van der Waals surface area contributed by atoms with E-state index in [4.69, 9.17) is 10.5 Å². The maximum atomic E-state index is 12.9. The number of hydrogen-bond donors (Lipinski definition) is 2. The van der Waals surface area contributed by atoms with Crippen LogP contribution < -0.4 is 10.5 Å². The van der Waals surface area contributed by atoms with Gasteiger partial charge in [-0.05, 0) is 29.8 Å². The lowest BCUT2D eigenvalue weighted by molar-refractivity contribution is 0.00789. The number of nitrogens with zero attached hydrogens (tertiary/aromatic N) is 3. The van der Waals surface area contributed by atoms with Crippen LogP contribution in [0.3, 0.4) is 0 Å². The average molecular weight is 416 g/mol. The normalized spacial score (nSPS) is 11.3. The minimum absolute atomic E-state index is 0.170. The summed E-state index contributed by atoms with van der Waals surface area (Å²) in [7, 11) is -1.49. The Bertz CT molecular complexity index is 1130. The van der Waals surface area contributed by atoms with E-state index in [0.29, 0.717) is 11.4 Å². The van der Waals surface area contributed by atoms with Crippen molar-refractivity contribution < 1.29 is 23.2 Å². The van der Waals surface area contributed by atoms with Gasteiger partial charge < -0.3 is 10.5 Å². The standard InChI is InChI=1S/C19H20N4O5S/c1-22-16(12-13-6-4-3-5-7-13)17(18(20)21-22)19(24)23(25)29(26,27)15-10-8-14(28-2)9-11-15/h3-11,25H,12H2,1-2H3,(H2,20,21). The Morgan fingerprint density at radius 3 is 2.38 bits per heavy atom. The minimum Gasteiger partial charge on any atom is -0.497 e. The molecule has 9 nitrogen and oxygen atoms in total. The lowest BCUT2D eigenvalue weighted by atomic mass is 10.1. The topological polar surface area (TPSA) is 128 Å². The lowest BCUT2D eigenvalue weighted by Gasteiger charge is -2.16. The van der Waals surface area contributed by atoms with E-state index in [9.17, 15) is 18.4 Å². The summed E-state index contributed by atoms with van der Waals surface area (Å²) in [6.45, 7) is 0. The number of amides is 1. The summed E-state index contributed by atoms with van der Waals surface area (Å²) < 4.78 is 31.4. The van der Waals surface area contributed by atoms with Crippen LogP contribution in [0.25, 0.3) is 0 Å². The molecule has 0 spiro atoms. The van der Waals surface area contributed by atoms with Crippen molar-refractivity contribution in [2.75, 3.05) is 12.8 Å². The number of hydrogen-bond acceptors (Lipinski definition) is 7. The quantitative estimate of drug-likeness (QED) is 0.463. The second-order valence-electron chi connectivity index (χ2n) is 6.22. The Kier molecular flexibility index (Phi) is 5.57. The van der Waals surface area contributed by atoms with Gasteiger partial charge in [0.2, 0.25) is 0 Å². The van der Waals surface area contributed by atoms with Crippen molar-refractivity contribution in [3.05, 3.63) is 71.4 Å². The molecule has 0 fully saturated rings. The van der Waals surface area contributed by atoms with E-state index in [-0.39, 0.29) is 27.2 Å². The molecule has 0 aliphatic rings. The minimum atomic E-state index is -4.52. The Labute approximate surface area is 167 Å². The molecule has 0 radical (unpaired) electrons. The largest absolute Gasteiger partial charge is 0.497 e. The third-order valence-electron chi connectivity index (χ3n) is 4.38. The van der Waals surface area contributed by atoms with E-state index in [1.807, 2.05) is 30.3 Å². The Morgan fingerprint density at radius 2 is 1.79 bits per heavy atom. The third kappa shape index (κ3) is 3.93. The molecule has 1 amide bonds. The van der Waals surface area contributed by atoms with Gasteiger partial charge in [-0.25, -0.2) is 0 Å². The molecule has 0 saturated carbocycles. The number of anilines is 1. The fourth-order valence-electron chi connectivity index (χ4n) is 2.86. The summed E-state index contributed by atoms with van der Waals surface area (Å²) in [6, 6.07) is 14.5. The highest BCUT2D eigenvalue weighted by Gasteiger charge is 2.33. The highest BCUT2D eigenvalue weighted by molar-refractivity contribution is 7.89. The van der Waals surface area contributed by atoms with E-state index in [0.717, 1.165) is 5.56 Å². The van der Waals surface area contributed by atoms with Crippen LogP contribution >= 0.6 is 0 Å². The first-order chi connectivity index (χ1) is 13.8. The molecule has 3 rings (SSSR count). The Morgan fingerprint density at radius 1 is 1.17 bits per heavy atom. The van der Waals surface area contributed by atoms with Crippen LogP contribution in [-0.2, 0) is 23.5 Å². The molecule has 10 heteroatoms. The number of nitrogen functional groups attached to an aromatic ring is 1. The molecule has 0 aliphatic heterocycles. The van der Waals surface area contributed by atoms with Gasteiger partial charge in [0.25, 0.3) is 15.9 Å². The molecule has 2 aromatic carbocycles. The van der Waals surface area contributed by atoms with Crippen molar-refractivity contribution in [2.24, 2.45) is 7.05 Å². The first-order valence-corrected chi connectivity index (χ1v) is 9.97. The number of ether oxygens (including phenoxy) is 1. The van der Waals surface area contributed by atoms with Crippen molar-refractivity contribution in [1.82, 2.24) is 14.2 Å². The molecule has 0 aliphatic carbocycles. The molecule has 0 bridgehead atoms. The summed E-state index contributed by atoms with van der Waals surface area (Å²) in [5.41, 5.74) is 6.93. The lowest BCUT2D eigenvalue weighted by Crippen LogP contribution is -2.34. The zero-order chi connectivity index (χ0) is 21.2. The van der Waals surface area contributed by atoms with Gasteiger partial charge in [-0.2, -0.15) is 13.5 Å². The maximum Gasteiger partial charge on any atom is 0.297 e. The summed E-state index contributed by atoms with van der Waals surface area (Å²) in [5.74, 6) is -0.925. The predicted octanol–water partition coefficient (Wildman–Crippen LogP) is 1.82. The first-order valence-electron chi connectivity index (χ1n) is 8.53. The van der Waals surface area contributed by atoms with Gasteiger partial charge in [0, 0.05) is 13.5 Å². The number of carbonyl (C=O) groups is 1. The number of aromatic nitrogens is 2. The highest BCUT2D eigenvalue weighted by Crippen LogP contribution is 2.25. The van der Waals surface area contributed by atoms with Crippen LogP contribution in [0.15, 0.2) is 59.5 Å². The summed E-state index contributed by atoms with van der Waals surface area (Å²) in [4.78, 5) is 12.6. The molecule has 3 aromatic rings. The zero-order valence-electron chi connectivity index (χ0n) is 15.8. The maximum absolute atomic E-state index is 12.9. The predicted molar refractivity (Wildman–Crippen MR) is 105 cm³/mol. The number of nitrogens with two attached hydrogens (primary N) is 1. The number of methoxy groups -OCH3 is 1. The van der Waals surface area contributed by atoms with Crippen LogP contribution in [0, 0.1) is 0 Å². The number of carbonyl (C=O) groups excluding carboxylic acids is 1. The van der Waals surface area contributed by atoms with Crippen LogP contribution in [0.4, 0.5) is 5.82 Å². The van der Waals surface area contributed by atoms with Crippen molar-refractivity contribution >= 4 is 21.7 Å². The van der Waals surface area contributed by atoms with E-state index in [2.05, 4.69) is 5.10 Å². The number of aryl methyl sites for hydroxylation is 1. The number of hydroxylamine groups is 1. The van der Waals surface area contributed by atoms with Crippen LogP contribution in [0.1, 0.15) is 21.6 Å². The highest BCUT2D eigenvalue weighted by atomic mass is 32.2. The summed E-state index contributed by atoms with van der Waals surface area (Å²) in [6.07, 6.45) is 0.277. The fourth-order valence-corrected chi connectivity index (χ4v) is 3.85. The zero-order valence-corrected chi connectivity index (χ0v) is 16.6. The van der Waals surface area contributed by atoms with Crippen LogP contribution in [-0.4, -0.2) is 40.9 Å². The van der Waals surface area contributed by atoms with E-state index < -0.39 is 15.9 Å². The molecule has 1 heterocycles. The summed E-state index contributed by atoms with van der Waals surface area (Å²) in [5, 5.41) is 14.3. The molecule has 0 unspecified atom stereocenters. The first kappa shape index (κ1) is 20.4. The Hall–Kier alpha value is -3.37. The van der Waals surface area contributed by atoms with Crippen molar-refractivity contribution in [1.29, 1.82) is 0 Å². The monoisotopic (exact) mass is 416 g/mol. The molecule has 29 heavy (non-hydrogen) atoms. The molecule has 0 atom stereocenters. The van der Waals surface area contributed by atoms with Crippen LogP contribution in [0.2, 0.25) is 0 Å². The third-order valence-corrected chi connectivity index (χ3v) is 5.87. The number of benzene rings is 2. The van der Waals surface area contributed by atoms with Crippen LogP contribution in [0.5, 0.6) is 5.75 Å². The van der Waals surface area contributed by atoms with Gasteiger partial charge in [-0.3, -0.25) is 14.7 Å². The van der Waals surface area contributed by atoms with Gasteiger partial charge in [-0.1, -0.05) is 30.3 Å². The van der Waals surface area contributed by atoms with E-state index in [1.165, 1.54) is 36.1 Å². The fraction of sp³-hybridized carbons (Fsp3) is 0.158. The van der Waals surface area contributed by atoms with Gasteiger partial charge >= 0.3 is 0 Å². The van der Waals surface area contributed by atoms with Crippen molar-refractivity contribution in [3.63, 3.8) is 0 Å². The Balaban J connectivity index is 1.97. The SMILES string of the molecule is COc1ccc(S(=O)(=O)N(O)C(=O)c2c(N)nn(C)c2Cc2ccccc2)cc1. The van der Waals surface area contributed by atoms with Crippen molar-refractivity contribution in [2.45, 2.75) is 11.3 Å². The molecule has 3 N–H and O–H groups in total. The van der Waals surface area contributed by atoms with E-state index in [1.54, 1.807) is 7.05 Å². The molecular formula is C19H20N4O5S.